The molecule has 0 aromatic heterocycles. The Morgan fingerprint density at radius 2 is 1.84 bits per heavy atom. The van der Waals surface area contributed by atoms with Gasteiger partial charge in [-0.25, -0.2) is 0 Å². The molecule has 1 aliphatic heterocycles. The van der Waals surface area contributed by atoms with Crippen LogP contribution >= 0.6 is 0 Å². The monoisotopic (exact) mass is 342 g/mol. The largest absolute Gasteiger partial charge is 0.493 e. The molecule has 1 aromatic carbocycles. The van der Waals surface area contributed by atoms with Crippen molar-refractivity contribution in [3.63, 3.8) is 0 Å². The maximum Gasteiger partial charge on any atom is 0.227 e. The molecular weight excluding hydrogens is 316 g/mol. The summed E-state index contributed by atoms with van der Waals surface area (Å²) < 4.78 is 5.69. The van der Waals surface area contributed by atoms with Crippen LogP contribution in [0.4, 0.5) is 0 Å². The molecule has 5 nitrogen and oxygen atoms in total. The third-order valence-electron chi connectivity index (χ3n) is 5.75. The van der Waals surface area contributed by atoms with Gasteiger partial charge in [-0.1, -0.05) is 31.0 Å². The molecular formula is C20H26N2O3. The van der Waals surface area contributed by atoms with E-state index in [-0.39, 0.29) is 17.9 Å². The molecule has 2 aliphatic carbocycles. The van der Waals surface area contributed by atoms with Crippen LogP contribution in [0, 0.1) is 5.41 Å². The second-order valence-electron chi connectivity index (χ2n) is 7.71. The van der Waals surface area contributed by atoms with Crippen LogP contribution in [0.3, 0.4) is 0 Å². The fraction of sp³-hybridized carbons (Fsp3) is 0.600. The Morgan fingerprint density at radius 1 is 1.08 bits per heavy atom. The van der Waals surface area contributed by atoms with E-state index in [9.17, 15) is 9.59 Å². The van der Waals surface area contributed by atoms with Crippen molar-refractivity contribution in [2.24, 2.45) is 5.41 Å². The van der Waals surface area contributed by atoms with Crippen molar-refractivity contribution in [2.45, 2.75) is 63.5 Å². The van der Waals surface area contributed by atoms with Crippen molar-refractivity contribution >= 4 is 11.8 Å². The zero-order chi connectivity index (χ0) is 17.3. The molecule has 2 N–H and O–H groups in total. The molecule has 0 radical (unpaired) electrons. The minimum Gasteiger partial charge on any atom is -0.493 e. The Balaban J connectivity index is 1.47. The number of carbonyl (C=O) groups is 2. The summed E-state index contributed by atoms with van der Waals surface area (Å²) in [5.41, 5.74) is 0.504. The average molecular weight is 342 g/mol. The Morgan fingerprint density at radius 3 is 2.60 bits per heavy atom. The third-order valence-corrected chi connectivity index (χ3v) is 5.75. The Bertz CT molecular complexity index is 663. The lowest BCUT2D eigenvalue weighted by Gasteiger charge is -2.32. The van der Waals surface area contributed by atoms with Crippen molar-refractivity contribution in [1.29, 1.82) is 0 Å². The van der Waals surface area contributed by atoms with Crippen LogP contribution in [0.15, 0.2) is 24.3 Å². The summed E-state index contributed by atoms with van der Waals surface area (Å²) >= 11 is 0. The van der Waals surface area contributed by atoms with Gasteiger partial charge >= 0.3 is 0 Å². The first kappa shape index (κ1) is 16.4. The van der Waals surface area contributed by atoms with Crippen molar-refractivity contribution in [3.8, 4) is 5.75 Å². The van der Waals surface area contributed by atoms with Crippen molar-refractivity contribution in [1.82, 2.24) is 10.6 Å². The van der Waals surface area contributed by atoms with Crippen LogP contribution in [-0.2, 0) is 9.59 Å². The van der Waals surface area contributed by atoms with Gasteiger partial charge in [0, 0.05) is 24.4 Å². The molecule has 1 heterocycles. The molecule has 2 fully saturated rings. The van der Waals surface area contributed by atoms with Gasteiger partial charge in [0.05, 0.1) is 18.1 Å². The van der Waals surface area contributed by atoms with E-state index in [0.717, 1.165) is 56.3 Å². The number of hydrogen-bond donors (Lipinski definition) is 2. The smallest absolute Gasteiger partial charge is 0.227 e. The summed E-state index contributed by atoms with van der Waals surface area (Å²) in [5.74, 6) is 0.926. The van der Waals surface area contributed by atoms with Gasteiger partial charge < -0.3 is 15.4 Å². The Kier molecular flexibility index (Phi) is 4.40. The summed E-state index contributed by atoms with van der Waals surface area (Å²) in [6.45, 7) is 0.608. The standard InChI is InChI=1S/C20H26N2O3/c23-18(21-14-7-8-14)13-20(10-3-4-11-20)19(24)22-16-9-12-25-17-6-2-1-5-15(16)17/h1-2,5-6,14,16H,3-4,7-13H2,(H,21,23)(H,22,24)/t16-/m0/s1. The van der Waals surface area contributed by atoms with Crippen molar-refractivity contribution in [2.75, 3.05) is 6.61 Å². The predicted octanol–water partition coefficient (Wildman–Crippen LogP) is 2.86. The van der Waals surface area contributed by atoms with Crippen LogP contribution in [-0.4, -0.2) is 24.5 Å². The Hall–Kier alpha value is -2.04. The molecule has 0 unspecified atom stereocenters. The minimum atomic E-state index is -0.535. The van der Waals surface area contributed by atoms with Crippen molar-refractivity contribution in [3.05, 3.63) is 29.8 Å². The number of nitrogens with one attached hydrogen (secondary N) is 2. The fourth-order valence-corrected chi connectivity index (χ4v) is 4.15. The van der Waals surface area contributed by atoms with E-state index in [0.29, 0.717) is 19.1 Å². The van der Waals surface area contributed by atoms with Gasteiger partial charge in [0.15, 0.2) is 0 Å². The van der Waals surface area contributed by atoms with Crippen LogP contribution in [0.1, 0.15) is 63.0 Å². The number of rotatable bonds is 5. The van der Waals surface area contributed by atoms with E-state index < -0.39 is 5.41 Å². The van der Waals surface area contributed by atoms with E-state index in [4.69, 9.17) is 4.74 Å². The van der Waals surface area contributed by atoms with Gasteiger partial charge in [0.2, 0.25) is 11.8 Å². The van der Waals surface area contributed by atoms with Crippen LogP contribution < -0.4 is 15.4 Å². The molecule has 134 valence electrons. The van der Waals surface area contributed by atoms with E-state index >= 15 is 0 Å². The molecule has 0 saturated heterocycles. The van der Waals surface area contributed by atoms with E-state index in [1.807, 2.05) is 24.3 Å². The summed E-state index contributed by atoms with van der Waals surface area (Å²) in [4.78, 5) is 25.5. The van der Waals surface area contributed by atoms with Crippen LogP contribution in [0.5, 0.6) is 5.75 Å². The molecule has 2 amide bonds. The van der Waals surface area contributed by atoms with Crippen LogP contribution in [0.2, 0.25) is 0 Å². The third kappa shape index (κ3) is 3.51. The maximum absolute atomic E-state index is 13.2. The summed E-state index contributed by atoms with van der Waals surface area (Å²) in [6.07, 6.45) is 6.90. The molecule has 1 atom stereocenters. The molecule has 0 bridgehead atoms. The normalized spacial score (nSPS) is 24.1. The highest BCUT2D eigenvalue weighted by Crippen LogP contribution is 2.43. The minimum absolute atomic E-state index is 0.0265. The molecule has 2 saturated carbocycles. The van der Waals surface area contributed by atoms with Crippen LogP contribution in [0.25, 0.3) is 0 Å². The molecule has 4 rings (SSSR count). The summed E-state index contributed by atoms with van der Waals surface area (Å²) in [6, 6.07) is 8.20. The predicted molar refractivity (Wildman–Crippen MR) is 94.1 cm³/mol. The quantitative estimate of drug-likeness (QED) is 0.865. The number of carbonyl (C=O) groups excluding carboxylic acids is 2. The zero-order valence-corrected chi connectivity index (χ0v) is 14.6. The van der Waals surface area contributed by atoms with Gasteiger partial charge in [0.25, 0.3) is 0 Å². The lowest BCUT2D eigenvalue weighted by atomic mass is 9.80. The number of para-hydroxylation sites is 1. The summed E-state index contributed by atoms with van der Waals surface area (Å²) in [7, 11) is 0. The summed E-state index contributed by atoms with van der Waals surface area (Å²) in [5, 5.41) is 6.27. The number of amides is 2. The average Bonchev–Trinajstić information content (AvgIpc) is 3.29. The SMILES string of the molecule is O=C(CC1(C(=O)N[C@H]2CCOc3ccccc32)CCCC1)NC1CC1. The molecule has 25 heavy (non-hydrogen) atoms. The second kappa shape index (κ2) is 6.70. The first-order valence-electron chi connectivity index (χ1n) is 9.48. The highest BCUT2D eigenvalue weighted by molar-refractivity contribution is 5.89. The molecule has 0 spiro atoms. The highest BCUT2D eigenvalue weighted by Gasteiger charge is 2.44. The fourth-order valence-electron chi connectivity index (χ4n) is 4.15. The molecule has 1 aromatic rings. The van der Waals surface area contributed by atoms with E-state index in [2.05, 4.69) is 10.6 Å². The Labute approximate surface area is 148 Å². The number of ether oxygens (including phenoxy) is 1. The van der Waals surface area contributed by atoms with Gasteiger partial charge in [-0.05, 0) is 31.7 Å². The molecule has 3 aliphatic rings. The van der Waals surface area contributed by atoms with E-state index in [1.165, 1.54) is 0 Å². The number of hydrogen-bond acceptors (Lipinski definition) is 3. The number of fused-ring (bicyclic) bond motifs is 1. The number of benzene rings is 1. The lowest BCUT2D eigenvalue weighted by molar-refractivity contribution is -0.137. The van der Waals surface area contributed by atoms with Gasteiger partial charge in [-0.15, -0.1) is 0 Å². The highest BCUT2D eigenvalue weighted by atomic mass is 16.5. The maximum atomic E-state index is 13.2. The van der Waals surface area contributed by atoms with Crippen molar-refractivity contribution < 1.29 is 14.3 Å². The van der Waals surface area contributed by atoms with Gasteiger partial charge in [-0.3, -0.25) is 9.59 Å². The first-order chi connectivity index (χ1) is 12.2. The van der Waals surface area contributed by atoms with Gasteiger partial charge in [0.1, 0.15) is 5.75 Å². The first-order valence-corrected chi connectivity index (χ1v) is 9.48. The molecule has 5 heteroatoms. The second-order valence-corrected chi connectivity index (χ2v) is 7.71. The lowest BCUT2D eigenvalue weighted by Crippen LogP contribution is -2.45. The van der Waals surface area contributed by atoms with E-state index in [1.54, 1.807) is 0 Å². The zero-order valence-electron chi connectivity index (χ0n) is 14.6. The van der Waals surface area contributed by atoms with Gasteiger partial charge in [-0.2, -0.15) is 0 Å². The topological polar surface area (TPSA) is 67.4 Å².